The van der Waals surface area contributed by atoms with Gasteiger partial charge in [-0.05, 0) is 44.0 Å². The number of hydrogen-bond acceptors (Lipinski definition) is 5. The van der Waals surface area contributed by atoms with Gasteiger partial charge in [-0.25, -0.2) is 0 Å². The number of carbonyl (C=O) groups is 3. The van der Waals surface area contributed by atoms with Crippen LogP contribution in [0.25, 0.3) is 0 Å². The summed E-state index contributed by atoms with van der Waals surface area (Å²) in [4.78, 5) is 51.3. The second-order valence-electron chi connectivity index (χ2n) is 8.62. The van der Waals surface area contributed by atoms with E-state index < -0.39 is 16.9 Å². The molecular formula is C24H26N4O5. The normalized spacial score (nSPS) is 22.2. The van der Waals surface area contributed by atoms with Crippen molar-refractivity contribution in [3.63, 3.8) is 0 Å². The summed E-state index contributed by atoms with van der Waals surface area (Å²) in [7, 11) is 0. The minimum absolute atomic E-state index is 0.118. The third-order valence-corrected chi connectivity index (χ3v) is 6.33. The molecule has 2 aromatic carbocycles. The predicted molar refractivity (Wildman–Crippen MR) is 122 cm³/mol. The van der Waals surface area contributed by atoms with Gasteiger partial charge in [0.2, 0.25) is 11.8 Å². The highest BCUT2D eigenvalue weighted by Gasteiger charge is 2.46. The van der Waals surface area contributed by atoms with Gasteiger partial charge in [-0.3, -0.25) is 24.5 Å². The maximum Gasteiger partial charge on any atom is 0.269 e. The lowest BCUT2D eigenvalue weighted by molar-refractivity contribution is -0.384. The minimum atomic E-state index is -0.961. The van der Waals surface area contributed by atoms with E-state index in [1.165, 1.54) is 29.2 Å². The molecule has 2 aromatic rings. The van der Waals surface area contributed by atoms with Crippen molar-refractivity contribution >= 4 is 29.1 Å². The number of rotatable bonds is 5. The summed E-state index contributed by atoms with van der Waals surface area (Å²) in [6, 6.07) is 11.3. The standard InChI is InChI=1S/C24H26N4O5/c1-15-6-10-17(11-7-15)25-22(29)14-21-23(30)26-19-4-2-3-5-20(19)27(21)24(31)16-8-12-18(13-9-16)28(32)33/h6-13,19-21H,2-5,14H2,1H3,(H,25,29)(H,26,30). The number of nitro benzene ring substituents is 1. The highest BCUT2D eigenvalue weighted by Crippen LogP contribution is 2.31. The molecule has 1 heterocycles. The first-order chi connectivity index (χ1) is 15.8. The summed E-state index contributed by atoms with van der Waals surface area (Å²) in [6.07, 6.45) is 3.19. The lowest BCUT2D eigenvalue weighted by atomic mass is 9.84. The molecule has 1 saturated heterocycles. The zero-order valence-electron chi connectivity index (χ0n) is 18.3. The first kappa shape index (κ1) is 22.4. The molecule has 2 aliphatic rings. The summed E-state index contributed by atoms with van der Waals surface area (Å²) in [6.45, 7) is 1.94. The zero-order valence-corrected chi connectivity index (χ0v) is 18.3. The predicted octanol–water partition coefficient (Wildman–Crippen LogP) is 3.18. The van der Waals surface area contributed by atoms with Crippen molar-refractivity contribution in [3.05, 3.63) is 69.8 Å². The van der Waals surface area contributed by atoms with Crippen molar-refractivity contribution in [2.45, 2.75) is 57.2 Å². The number of nitrogens with zero attached hydrogens (tertiary/aromatic N) is 2. The summed E-state index contributed by atoms with van der Waals surface area (Å²) in [5, 5.41) is 16.8. The van der Waals surface area contributed by atoms with Crippen LogP contribution in [0.15, 0.2) is 48.5 Å². The molecule has 2 N–H and O–H groups in total. The van der Waals surface area contributed by atoms with E-state index in [1.807, 2.05) is 19.1 Å². The molecule has 0 radical (unpaired) electrons. The molecule has 1 saturated carbocycles. The van der Waals surface area contributed by atoms with Gasteiger partial charge in [0.15, 0.2) is 0 Å². The summed E-state index contributed by atoms with van der Waals surface area (Å²) in [5.41, 5.74) is 1.81. The van der Waals surface area contributed by atoms with Crippen LogP contribution in [0.3, 0.4) is 0 Å². The SMILES string of the molecule is Cc1ccc(NC(=O)CC2C(=O)NC3CCCCC3N2C(=O)c2ccc([N+](=O)[O-])cc2)cc1. The molecular weight excluding hydrogens is 424 g/mol. The summed E-state index contributed by atoms with van der Waals surface area (Å²) >= 11 is 0. The van der Waals surface area contributed by atoms with Crippen molar-refractivity contribution in [2.75, 3.05) is 5.32 Å². The van der Waals surface area contributed by atoms with E-state index in [2.05, 4.69) is 10.6 Å². The molecule has 3 atom stereocenters. The Morgan fingerprint density at radius 1 is 1.09 bits per heavy atom. The fraction of sp³-hybridized carbons (Fsp3) is 0.375. The van der Waals surface area contributed by atoms with Crippen LogP contribution in [0.4, 0.5) is 11.4 Å². The first-order valence-corrected chi connectivity index (χ1v) is 11.1. The van der Waals surface area contributed by atoms with Crippen LogP contribution in [0.1, 0.15) is 48.0 Å². The number of fused-ring (bicyclic) bond motifs is 1. The second-order valence-corrected chi connectivity index (χ2v) is 8.62. The molecule has 0 bridgehead atoms. The lowest BCUT2D eigenvalue weighted by Gasteiger charge is -2.48. The van der Waals surface area contributed by atoms with Gasteiger partial charge in [0.25, 0.3) is 11.6 Å². The van der Waals surface area contributed by atoms with E-state index in [9.17, 15) is 24.5 Å². The number of anilines is 1. The van der Waals surface area contributed by atoms with Crippen LogP contribution >= 0.6 is 0 Å². The Labute approximate surface area is 191 Å². The third-order valence-electron chi connectivity index (χ3n) is 6.33. The lowest BCUT2D eigenvalue weighted by Crippen LogP contribution is -2.68. The Kier molecular flexibility index (Phi) is 6.39. The van der Waals surface area contributed by atoms with E-state index in [1.54, 1.807) is 12.1 Å². The van der Waals surface area contributed by atoms with E-state index >= 15 is 0 Å². The van der Waals surface area contributed by atoms with E-state index in [0.717, 1.165) is 31.2 Å². The number of carbonyl (C=O) groups excluding carboxylic acids is 3. The quantitative estimate of drug-likeness (QED) is 0.535. The van der Waals surface area contributed by atoms with Gasteiger partial charge in [0.1, 0.15) is 6.04 Å². The molecule has 0 spiro atoms. The topological polar surface area (TPSA) is 122 Å². The molecule has 3 amide bonds. The average molecular weight is 450 g/mol. The second kappa shape index (κ2) is 9.40. The smallest absolute Gasteiger partial charge is 0.269 e. The number of amides is 3. The number of aryl methyl sites for hydroxylation is 1. The van der Waals surface area contributed by atoms with Gasteiger partial charge in [0.05, 0.1) is 17.4 Å². The van der Waals surface area contributed by atoms with E-state index in [4.69, 9.17) is 0 Å². The summed E-state index contributed by atoms with van der Waals surface area (Å²) < 4.78 is 0. The van der Waals surface area contributed by atoms with Crippen molar-refractivity contribution in [1.29, 1.82) is 0 Å². The Bertz CT molecular complexity index is 1070. The minimum Gasteiger partial charge on any atom is -0.349 e. The van der Waals surface area contributed by atoms with Crippen LogP contribution < -0.4 is 10.6 Å². The molecule has 1 aliphatic heterocycles. The molecule has 4 rings (SSSR count). The van der Waals surface area contributed by atoms with Crippen molar-refractivity contribution < 1.29 is 19.3 Å². The van der Waals surface area contributed by atoms with Gasteiger partial charge < -0.3 is 15.5 Å². The Morgan fingerprint density at radius 2 is 1.76 bits per heavy atom. The number of benzene rings is 2. The third kappa shape index (κ3) is 4.87. The maximum absolute atomic E-state index is 13.5. The fourth-order valence-electron chi connectivity index (χ4n) is 4.63. The zero-order chi connectivity index (χ0) is 23.5. The summed E-state index contributed by atoms with van der Waals surface area (Å²) in [5.74, 6) is -1.12. The molecule has 9 heteroatoms. The largest absolute Gasteiger partial charge is 0.349 e. The number of hydrogen-bond donors (Lipinski definition) is 2. The maximum atomic E-state index is 13.5. The fourth-order valence-corrected chi connectivity index (χ4v) is 4.63. The van der Waals surface area contributed by atoms with Crippen molar-refractivity contribution in [2.24, 2.45) is 0 Å². The van der Waals surface area contributed by atoms with Crippen LogP contribution in [0.5, 0.6) is 0 Å². The Hall–Kier alpha value is -3.75. The van der Waals surface area contributed by atoms with Gasteiger partial charge in [0, 0.05) is 29.4 Å². The highest BCUT2D eigenvalue weighted by molar-refractivity contribution is 6.01. The molecule has 0 aromatic heterocycles. The molecule has 3 unspecified atom stereocenters. The monoisotopic (exact) mass is 450 g/mol. The number of piperazine rings is 1. The molecule has 1 aliphatic carbocycles. The van der Waals surface area contributed by atoms with Crippen molar-refractivity contribution in [1.82, 2.24) is 10.2 Å². The number of nitrogens with one attached hydrogen (secondary N) is 2. The van der Waals surface area contributed by atoms with E-state index in [0.29, 0.717) is 5.69 Å². The Morgan fingerprint density at radius 3 is 2.42 bits per heavy atom. The molecule has 9 nitrogen and oxygen atoms in total. The number of non-ortho nitro benzene ring substituents is 1. The van der Waals surface area contributed by atoms with Crippen molar-refractivity contribution in [3.8, 4) is 0 Å². The molecule has 172 valence electrons. The average Bonchev–Trinajstić information content (AvgIpc) is 2.80. The van der Waals surface area contributed by atoms with Gasteiger partial charge in [-0.1, -0.05) is 30.5 Å². The first-order valence-electron chi connectivity index (χ1n) is 11.1. The molecule has 33 heavy (non-hydrogen) atoms. The number of nitro groups is 1. The van der Waals surface area contributed by atoms with E-state index in [-0.39, 0.29) is 41.6 Å². The molecule has 2 fully saturated rings. The Balaban J connectivity index is 1.59. The van der Waals surface area contributed by atoms with Gasteiger partial charge in [-0.2, -0.15) is 0 Å². The van der Waals surface area contributed by atoms with Crippen LogP contribution in [-0.4, -0.2) is 45.7 Å². The van der Waals surface area contributed by atoms with Crippen LogP contribution in [0, 0.1) is 17.0 Å². The van der Waals surface area contributed by atoms with Crippen LogP contribution in [-0.2, 0) is 9.59 Å². The van der Waals surface area contributed by atoms with Crippen LogP contribution in [0.2, 0.25) is 0 Å². The highest BCUT2D eigenvalue weighted by atomic mass is 16.6. The van der Waals surface area contributed by atoms with Gasteiger partial charge in [-0.15, -0.1) is 0 Å². The van der Waals surface area contributed by atoms with Gasteiger partial charge >= 0.3 is 0 Å².